The maximum Gasteiger partial charge on any atom is 0.142 e. The van der Waals surface area contributed by atoms with Crippen LogP contribution in [0.3, 0.4) is 0 Å². The highest BCUT2D eigenvalue weighted by Crippen LogP contribution is 2.41. The number of hydrogen-bond donors (Lipinski definition) is 3. The molecule has 0 amide bonds. The molecule has 0 spiro atoms. The predicted molar refractivity (Wildman–Crippen MR) is 133 cm³/mol. The second-order valence-electron chi connectivity index (χ2n) is 8.73. The second-order valence-corrected chi connectivity index (χ2v) is 8.73. The molecule has 1 saturated heterocycles. The first-order valence-electron chi connectivity index (χ1n) is 11.6. The average Bonchev–Trinajstić information content (AvgIpc) is 3.23. The van der Waals surface area contributed by atoms with E-state index in [1.807, 2.05) is 30.3 Å². The first kappa shape index (κ1) is 23.3. The van der Waals surface area contributed by atoms with Crippen molar-refractivity contribution in [2.24, 2.45) is 5.92 Å². The van der Waals surface area contributed by atoms with E-state index in [4.69, 9.17) is 4.74 Å². The van der Waals surface area contributed by atoms with Crippen LogP contribution in [0.2, 0.25) is 0 Å². The Bertz CT molecular complexity index is 959. The van der Waals surface area contributed by atoms with Crippen LogP contribution in [-0.2, 0) is 0 Å². The zero-order valence-corrected chi connectivity index (χ0v) is 19.3. The van der Waals surface area contributed by atoms with Gasteiger partial charge in [-0.15, -0.1) is 0 Å². The van der Waals surface area contributed by atoms with E-state index in [0.29, 0.717) is 6.42 Å². The second kappa shape index (κ2) is 10.8. The van der Waals surface area contributed by atoms with Crippen molar-refractivity contribution in [3.63, 3.8) is 0 Å². The number of likely N-dealkylation sites (N-methyl/N-ethyl adjacent to an activating group) is 1. The highest BCUT2D eigenvalue weighted by Gasteiger charge is 2.48. The zero-order chi connectivity index (χ0) is 23.2. The van der Waals surface area contributed by atoms with E-state index < -0.39 is 0 Å². The summed E-state index contributed by atoms with van der Waals surface area (Å²) in [6.07, 6.45) is 0.606. The Labute approximate surface area is 196 Å². The molecule has 3 N–H and O–H groups in total. The highest BCUT2D eigenvalue weighted by atomic mass is 16.5. The van der Waals surface area contributed by atoms with Gasteiger partial charge in [0.15, 0.2) is 0 Å². The lowest BCUT2D eigenvalue weighted by Crippen LogP contribution is -2.48. The van der Waals surface area contributed by atoms with Gasteiger partial charge in [0.2, 0.25) is 0 Å². The number of benzene rings is 3. The molecule has 3 aromatic carbocycles. The van der Waals surface area contributed by atoms with Gasteiger partial charge in [0.25, 0.3) is 0 Å². The number of para-hydroxylation sites is 2. The predicted octanol–water partition coefficient (Wildman–Crippen LogP) is 3.66. The molecule has 5 heteroatoms. The summed E-state index contributed by atoms with van der Waals surface area (Å²) in [4.78, 5) is 2.27. The first-order valence-corrected chi connectivity index (χ1v) is 11.6. The molecular weight excluding hydrogens is 412 g/mol. The van der Waals surface area contributed by atoms with Crippen molar-refractivity contribution < 1.29 is 14.9 Å². The third-order valence-electron chi connectivity index (χ3n) is 6.98. The van der Waals surface area contributed by atoms with Gasteiger partial charge >= 0.3 is 0 Å². The highest BCUT2D eigenvalue weighted by molar-refractivity contribution is 5.59. The zero-order valence-electron chi connectivity index (χ0n) is 19.3. The van der Waals surface area contributed by atoms with Crippen molar-refractivity contribution in [2.45, 2.75) is 30.5 Å². The molecule has 4 atom stereocenters. The topological polar surface area (TPSA) is 65.0 Å². The number of rotatable bonds is 9. The van der Waals surface area contributed by atoms with E-state index in [9.17, 15) is 10.2 Å². The summed E-state index contributed by atoms with van der Waals surface area (Å²) >= 11 is 0. The molecule has 0 aromatic heterocycles. The molecule has 0 aliphatic carbocycles. The van der Waals surface area contributed by atoms with Gasteiger partial charge < -0.3 is 25.2 Å². The van der Waals surface area contributed by atoms with Crippen LogP contribution < -0.4 is 15.0 Å². The fourth-order valence-electron chi connectivity index (χ4n) is 5.51. The van der Waals surface area contributed by atoms with E-state index >= 15 is 0 Å². The summed E-state index contributed by atoms with van der Waals surface area (Å²) in [6, 6.07) is 29.0. The number of aliphatic hydroxyl groups is 2. The molecule has 5 nitrogen and oxygen atoms in total. The third-order valence-corrected chi connectivity index (χ3v) is 6.98. The lowest BCUT2D eigenvalue weighted by molar-refractivity contribution is 0.191. The largest absolute Gasteiger partial charge is 0.495 e. The molecule has 1 fully saturated rings. The fraction of sp³-hybridized carbons (Fsp3) is 0.357. The van der Waals surface area contributed by atoms with E-state index in [1.165, 1.54) is 11.1 Å². The quantitative estimate of drug-likeness (QED) is 0.468. The molecule has 0 radical (unpaired) electrons. The van der Waals surface area contributed by atoms with E-state index in [2.05, 4.69) is 71.9 Å². The third kappa shape index (κ3) is 4.76. The van der Waals surface area contributed by atoms with Crippen LogP contribution in [0.5, 0.6) is 5.75 Å². The van der Waals surface area contributed by atoms with Crippen LogP contribution >= 0.6 is 0 Å². The Morgan fingerprint density at radius 3 is 2.00 bits per heavy atom. The summed E-state index contributed by atoms with van der Waals surface area (Å²) in [5.74, 6) is 0.951. The molecule has 33 heavy (non-hydrogen) atoms. The lowest BCUT2D eigenvalue weighted by atomic mass is 9.79. The Hall–Kier alpha value is -2.86. The SMILES string of the molecule is COc1ccccc1N(C)C1C(CCO)C(CO)NC1C(c1ccccc1)c1ccccc1. The molecule has 1 aliphatic rings. The van der Waals surface area contributed by atoms with Crippen LogP contribution in [0.15, 0.2) is 84.9 Å². The van der Waals surface area contributed by atoms with Gasteiger partial charge in [0.05, 0.1) is 19.4 Å². The number of nitrogens with one attached hydrogen (secondary N) is 1. The normalized spacial score (nSPS) is 22.5. The van der Waals surface area contributed by atoms with Crippen molar-refractivity contribution in [3.05, 3.63) is 96.1 Å². The summed E-state index contributed by atoms with van der Waals surface area (Å²) < 4.78 is 5.68. The molecule has 1 heterocycles. The van der Waals surface area contributed by atoms with Crippen LogP contribution in [0.1, 0.15) is 23.5 Å². The minimum atomic E-state index is -0.112. The summed E-state index contributed by atoms with van der Waals surface area (Å²) in [6.45, 7) is 0.0981. The van der Waals surface area contributed by atoms with Crippen molar-refractivity contribution >= 4 is 5.69 Å². The number of nitrogens with zero attached hydrogens (tertiary/aromatic N) is 1. The van der Waals surface area contributed by atoms with E-state index in [-0.39, 0.29) is 43.2 Å². The number of ether oxygens (including phenoxy) is 1. The van der Waals surface area contributed by atoms with Gasteiger partial charge in [-0.3, -0.25) is 0 Å². The minimum Gasteiger partial charge on any atom is -0.495 e. The average molecular weight is 447 g/mol. The maximum absolute atomic E-state index is 10.3. The van der Waals surface area contributed by atoms with Crippen LogP contribution in [0.25, 0.3) is 0 Å². The number of methoxy groups -OCH3 is 1. The minimum absolute atomic E-state index is 0.0124. The van der Waals surface area contributed by atoms with Gasteiger partial charge in [0.1, 0.15) is 5.75 Å². The van der Waals surface area contributed by atoms with Crippen molar-refractivity contribution in [2.75, 3.05) is 32.3 Å². The monoisotopic (exact) mass is 446 g/mol. The van der Waals surface area contributed by atoms with Gasteiger partial charge in [-0.05, 0) is 29.7 Å². The van der Waals surface area contributed by atoms with Gasteiger partial charge in [0, 0.05) is 43.6 Å². The first-order chi connectivity index (χ1) is 16.2. The van der Waals surface area contributed by atoms with Crippen molar-refractivity contribution in [3.8, 4) is 5.75 Å². The fourth-order valence-corrected chi connectivity index (χ4v) is 5.51. The van der Waals surface area contributed by atoms with Crippen LogP contribution in [0, 0.1) is 5.92 Å². The number of hydrogen-bond acceptors (Lipinski definition) is 5. The van der Waals surface area contributed by atoms with Crippen molar-refractivity contribution in [1.29, 1.82) is 0 Å². The summed E-state index contributed by atoms with van der Waals surface area (Å²) in [7, 11) is 3.78. The number of aliphatic hydroxyl groups excluding tert-OH is 2. The Morgan fingerprint density at radius 1 is 0.879 bits per heavy atom. The lowest BCUT2D eigenvalue weighted by Gasteiger charge is -2.39. The molecule has 3 aromatic rings. The van der Waals surface area contributed by atoms with E-state index in [0.717, 1.165) is 11.4 Å². The molecule has 0 saturated carbocycles. The van der Waals surface area contributed by atoms with Gasteiger partial charge in [-0.1, -0.05) is 72.8 Å². The maximum atomic E-state index is 10.3. The van der Waals surface area contributed by atoms with E-state index in [1.54, 1.807) is 7.11 Å². The smallest absolute Gasteiger partial charge is 0.142 e. The Balaban J connectivity index is 1.84. The standard InChI is InChI=1S/C28H34N2O3/c1-30(24-15-9-10-16-25(24)33-2)28-22(17-18-31)23(19-32)29-27(28)26(20-11-5-3-6-12-20)21-13-7-4-8-14-21/h3-16,22-23,26-29,31-32H,17-19H2,1-2H3. The van der Waals surface area contributed by atoms with Crippen LogP contribution in [-0.4, -0.2) is 55.7 Å². The molecular formula is C28H34N2O3. The molecule has 4 rings (SSSR count). The van der Waals surface area contributed by atoms with Gasteiger partial charge in [-0.2, -0.15) is 0 Å². The molecule has 174 valence electrons. The van der Waals surface area contributed by atoms with Gasteiger partial charge in [-0.25, -0.2) is 0 Å². The molecule has 4 unspecified atom stereocenters. The summed E-state index contributed by atoms with van der Waals surface area (Å²) in [5, 5.41) is 24.0. The van der Waals surface area contributed by atoms with Crippen molar-refractivity contribution in [1.82, 2.24) is 5.32 Å². The Morgan fingerprint density at radius 2 is 1.45 bits per heavy atom. The number of anilines is 1. The Kier molecular flexibility index (Phi) is 7.65. The molecule has 0 bridgehead atoms. The summed E-state index contributed by atoms with van der Waals surface area (Å²) in [5.41, 5.74) is 3.44. The van der Waals surface area contributed by atoms with Crippen LogP contribution in [0.4, 0.5) is 5.69 Å². The molecule has 1 aliphatic heterocycles.